The number of amides is 1. The van der Waals surface area contributed by atoms with Gasteiger partial charge in [-0.2, -0.15) is 0 Å². The molecule has 25 heavy (non-hydrogen) atoms. The number of aryl methyl sites for hydroxylation is 1. The van der Waals surface area contributed by atoms with Crippen LogP contribution in [0.5, 0.6) is 0 Å². The lowest BCUT2D eigenvalue weighted by Gasteiger charge is -2.25. The highest BCUT2D eigenvalue weighted by atomic mass is 16.1. The summed E-state index contributed by atoms with van der Waals surface area (Å²) in [4.78, 5) is 14.7. The predicted molar refractivity (Wildman–Crippen MR) is 104 cm³/mol. The van der Waals surface area contributed by atoms with Crippen LogP contribution in [0.1, 0.15) is 33.5 Å². The van der Waals surface area contributed by atoms with Crippen LogP contribution in [-0.2, 0) is 12.8 Å². The monoisotopic (exact) mass is 334 g/mol. The molecule has 0 saturated carbocycles. The van der Waals surface area contributed by atoms with E-state index in [0.29, 0.717) is 6.54 Å². The predicted octanol–water partition coefficient (Wildman–Crippen LogP) is 3.55. The van der Waals surface area contributed by atoms with Gasteiger partial charge in [-0.15, -0.1) is 0 Å². The summed E-state index contributed by atoms with van der Waals surface area (Å²) in [6, 6.07) is 16.7. The number of hydrogen-bond donors (Lipinski definition) is 1. The highest BCUT2D eigenvalue weighted by Crippen LogP contribution is 2.20. The number of nitrogens with one attached hydrogen (secondary N) is 1. The van der Waals surface area contributed by atoms with Crippen LogP contribution in [-0.4, -0.2) is 37.5 Å². The fraction of sp³-hybridized carbons (Fsp3) is 0.318. The summed E-state index contributed by atoms with van der Waals surface area (Å²) in [5.74, 6) is 0.00156. The summed E-state index contributed by atoms with van der Waals surface area (Å²) in [6.07, 6.45) is 7.36. The molecule has 2 aromatic rings. The van der Waals surface area contributed by atoms with Crippen LogP contribution in [0.25, 0.3) is 6.08 Å². The first-order chi connectivity index (χ1) is 12.1. The molecule has 130 valence electrons. The van der Waals surface area contributed by atoms with E-state index in [-0.39, 0.29) is 11.9 Å². The molecule has 0 heterocycles. The van der Waals surface area contributed by atoms with Crippen molar-refractivity contribution in [3.8, 4) is 0 Å². The van der Waals surface area contributed by atoms with Crippen molar-refractivity contribution in [2.75, 3.05) is 20.6 Å². The molecular formula is C22H26N2O. The van der Waals surface area contributed by atoms with Crippen molar-refractivity contribution in [1.82, 2.24) is 10.2 Å². The first-order valence-electron chi connectivity index (χ1n) is 8.91. The third-order valence-corrected chi connectivity index (χ3v) is 4.83. The zero-order valence-corrected chi connectivity index (χ0v) is 15.0. The molecule has 0 unspecified atom stereocenters. The highest BCUT2D eigenvalue weighted by Gasteiger charge is 2.15. The average Bonchev–Trinajstić information content (AvgIpc) is 2.65. The van der Waals surface area contributed by atoms with Crippen molar-refractivity contribution in [3.63, 3.8) is 0 Å². The fourth-order valence-electron chi connectivity index (χ4n) is 3.20. The van der Waals surface area contributed by atoms with Crippen LogP contribution in [0, 0.1) is 0 Å². The third kappa shape index (κ3) is 4.58. The quantitative estimate of drug-likeness (QED) is 0.876. The number of carbonyl (C=O) groups is 1. The number of fused-ring (bicyclic) bond motifs is 1. The molecule has 0 radical (unpaired) electrons. The van der Waals surface area contributed by atoms with Gasteiger partial charge in [0.25, 0.3) is 5.91 Å². The third-order valence-electron chi connectivity index (χ3n) is 4.83. The highest BCUT2D eigenvalue weighted by molar-refractivity contribution is 5.95. The lowest BCUT2D eigenvalue weighted by molar-refractivity contribution is 0.0941. The number of rotatable bonds is 6. The van der Waals surface area contributed by atoms with E-state index in [4.69, 9.17) is 0 Å². The maximum Gasteiger partial charge on any atom is 0.251 e. The topological polar surface area (TPSA) is 32.3 Å². The molecule has 1 aliphatic rings. The Labute approximate surface area is 150 Å². The Morgan fingerprint density at radius 3 is 2.72 bits per heavy atom. The van der Waals surface area contributed by atoms with E-state index in [1.165, 1.54) is 16.7 Å². The van der Waals surface area contributed by atoms with Crippen LogP contribution in [0.2, 0.25) is 0 Å². The van der Waals surface area contributed by atoms with Gasteiger partial charge in [0, 0.05) is 18.2 Å². The molecule has 1 amide bonds. The van der Waals surface area contributed by atoms with Gasteiger partial charge >= 0.3 is 0 Å². The Hall–Kier alpha value is -2.39. The molecule has 2 aromatic carbocycles. The van der Waals surface area contributed by atoms with E-state index in [1.807, 2.05) is 18.2 Å². The normalized spacial score (nSPS) is 14.2. The van der Waals surface area contributed by atoms with Crippen molar-refractivity contribution in [2.45, 2.75) is 25.3 Å². The van der Waals surface area contributed by atoms with Crippen molar-refractivity contribution < 1.29 is 4.79 Å². The van der Waals surface area contributed by atoms with Gasteiger partial charge in [0.2, 0.25) is 0 Å². The van der Waals surface area contributed by atoms with Crippen molar-refractivity contribution in [3.05, 3.63) is 76.9 Å². The van der Waals surface area contributed by atoms with Gasteiger partial charge in [-0.25, -0.2) is 0 Å². The Bertz CT molecular complexity index is 750. The Kier molecular flexibility index (Phi) is 5.67. The molecule has 0 bridgehead atoms. The van der Waals surface area contributed by atoms with Crippen LogP contribution in [0.3, 0.4) is 0 Å². The fourth-order valence-corrected chi connectivity index (χ4v) is 3.20. The lowest BCUT2D eigenvalue weighted by Crippen LogP contribution is -2.41. The molecule has 1 atom stereocenters. The van der Waals surface area contributed by atoms with E-state index in [2.05, 4.69) is 66.8 Å². The summed E-state index contributed by atoms with van der Waals surface area (Å²) in [7, 11) is 4.12. The van der Waals surface area contributed by atoms with E-state index in [9.17, 15) is 4.79 Å². The molecule has 3 rings (SSSR count). The molecular weight excluding hydrogens is 308 g/mol. The largest absolute Gasteiger partial charge is 0.350 e. The maximum absolute atomic E-state index is 12.6. The number of carbonyl (C=O) groups excluding carboxylic acids is 1. The second-order valence-corrected chi connectivity index (χ2v) is 6.87. The first kappa shape index (κ1) is 17.4. The van der Waals surface area contributed by atoms with Gasteiger partial charge in [-0.1, -0.05) is 48.6 Å². The molecule has 3 heteroatoms. The van der Waals surface area contributed by atoms with E-state index in [1.54, 1.807) is 0 Å². The van der Waals surface area contributed by atoms with Crippen molar-refractivity contribution in [1.29, 1.82) is 0 Å². The van der Waals surface area contributed by atoms with Crippen molar-refractivity contribution in [2.24, 2.45) is 0 Å². The number of hydrogen-bond acceptors (Lipinski definition) is 2. The standard InChI is InChI=1S/C22H26N2O/c1-24(2)21(14-17-8-4-3-5-9-17)16-23-22(25)20-13-12-18-10-6-7-11-19(18)15-20/h3-5,7-9,11-13,15,21H,6,10,14,16H2,1-2H3,(H,23,25)/t21-/m1/s1. The molecule has 0 saturated heterocycles. The smallest absolute Gasteiger partial charge is 0.251 e. The molecule has 0 fully saturated rings. The average molecular weight is 334 g/mol. The van der Waals surface area contributed by atoms with Gasteiger partial charge in [-0.05, 0) is 62.2 Å². The first-order valence-corrected chi connectivity index (χ1v) is 8.91. The summed E-state index contributed by atoms with van der Waals surface area (Å²) in [5.41, 5.74) is 4.53. The van der Waals surface area contributed by atoms with Crippen LogP contribution in [0.15, 0.2) is 54.6 Å². The number of nitrogens with zero attached hydrogens (tertiary/aromatic N) is 1. The summed E-state index contributed by atoms with van der Waals surface area (Å²) in [5, 5.41) is 3.10. The lowest BCUT2D eigenvalue weighted by atomic mass is 9.95. The maximum atomic E-state index is 12.6. The SMILES string of the molecule is CN(C)[C@@H](CNC(=O)c1ccc2c(c1)C=CCC2)Cc1ccccc1. The van der Waals surface area contributed by atoms with E-state index < -0.39 is 0 Å². The molecule has 0 aromatic heterocycles. The summed E-state index contributed by atoms with van der Waals surface area (Å²) >= 11 is 0. The van der Waals surface area contributed by atoms with Crippen LogP contribution < -0.4 is 5.32 Å². The summed E-state index contributed by atoms with van der Waals surface area (Å²) in [6.45, 7) is 0.633. The number of likely N-dealkylation sites (N-methyl/N-ethyl adjacent to an activating group) is 1. The van der Waals surface area contributed by atoms with Gasteiger partial charge in [-0.3, -0.25) is 4.79 Å². The molecule has 3 nitrogen and oxygen atoms in total. The summed E-state index contributed by atoms with van der Waals surface area (Å²) < 4.78 is 0. The van der Waals surface area contributed by atoms with Gasteiger partial charge < -0.3 is 10.2 Å². The second kappa shape index (κ2) is 8.13. The molecule has 1 N–H and O–H groups in total. The minimum atomic E-state index is 0.00156. The molecule has 0 spiro atoms. The Morgan fingerprint density at radius 2 is 1.96 bits per heavy atom. The van der Waals surface area contributed by atoms with Gasteiger partial charge in [0.05, 0.1) is 0 Å². The molecule has 1 aliphatic carbocycles. The van der Waals surface area contributed by atoms with Crippen molar-refractivity contribution >= 4 is 12.0 Å². The van der Waals surface area contributed by atoms with Crippen LogP contribution >= 0.6 is 0 Å². The van der Waals surface area contributed by atoms with Crippen LogP contribution in [0.4, 0.5) is 0 Å². The zero-order valence-electron chi connectivity index (χ0n) is 15.0. The minimum Gasteiger partial charge on any atom is -0.350 e. The van der Waals surface area contributed by atoms with Gasteiger partial charge in [0.15, 0.2) is 0 Å². The molecule has 0 aliphatic heterocycles. The Balaban J connectivity index is 1.63. The number of allylic oxidation sites excluding steroid dienone is 1. The number of benzene rings is 2. The second-order valence-electron chi connectivity index (χ2n) is 6.87. The van der Waals surface area contributed by atoms with E-state index >= 15 is 0 Å². The van der Waals surface area contributed by atoms with E-state index in [0.717, 1.165) is 24.8 Å². The zero-order chi connectivity index (χ0) is 17.6. The minimum absolute atomic E-state index is 0.00156. The van der Waals surface area contributed by atoms with Gasteiger partial charge in [0.1, 0.15) is 0 Å². The Morgan fingerprint density at radius 1 is 1.16 bits per heavy atom.